The van der Waals surface area contributed by atoms with E-state index >= 15 is 0 Å². The molecule has 0 unspecified atom stereocenters. The van der Waals surface area contributed by atoms with E-state index in [4.69, 9.17) is 0 Å². The van der Waals surface area contributed by atoms with Gasteiger partial charge in [0, 0.05) is 32.6 Å². The van der Waals surface area contributed by atoms with Crippen LogP contribution in [0.15, 0.2) is 24.3 Å². The van der Waals surface area contributed by atoms with E-state index < -0.39 is 0 Å². The minimum absolute atomic E-state index is 0.0631. The second kappa shape index (κ2) is 7.77. The number of nitrogens with zero attached hydrogens (tertiary/aromatic N) is 2. The van der Waals surface area contributed by atoms with Crippen LogP contribution >= 0.6 is 0 Å². The highest BCUT2D eigenvalue weighted by molar-refractivity contribution is 5.79. The van der Waals surface area contributed by atoms with E-state index in [1.165, 1.54) is 12.1 Å². The first kappa shape index (κ1) is 16.9. The number of likely N-dealkylation sites (tertiary alicyclic amines) is 2. The van der Waals surface area contributed by atoms with Gasteiger partial charge in [-0.2, -0.15) is 0 Å². The number of halogens is 1. The monoisotopic (exact) mass is 332 g/mol. The van der Waals surface area contributed by atoms with E-state index in [9.17, 15) is 14.0 Å². The predicted octanol–water partition coefficient (Wildman–Crippen LogP) is 2.62. The maximum absolute atomic E-state index is 13.2. The summed E-state index contributed by atoms with van der Waals surface area (Å²) in [6, 6.07) is 6.24. The van der Waals surface area contributed by atoms with Crippen LogP contribution in [0, 0.1) is 11.7 Å². The molecule has 0 saturated carbocycles. The molecule has 0 spiro atoms. The lowest BCUT2D eigenvalue weighted by Gasteiger charge is -2.36. The Hall–Kier alpha value is -1.91. The molecule has 2 aliphatic heterocycles. The molecule has 2 fully saturated rings. The first-order valence-corrected chi connectivity index (χ1v) is 8.92. The third kappa shape index (κ3) is 4.34. The SMILES string of the molecule is O=C(Cc1cccc(F)c1)N1CCC(CN2CCCCC2=O)CC1. The molecule has 0 aromatic heterocycles. The highest BCUT2D eigenvalue weighted by Gasteiger charge is 2.26. The van der Waals surface area contributed by atoms with Crippen LogP contribution in [-0.2, 0) is 16.0 Å². The summed E-state index contributed by atoms with van der Waals surface area (Å²) in [5, 5.41) is 0. The molecule has 3 rings (SSSR count). The molecule has 1 aromatic carbocycles. The molecule has 5 heteroatoms. The molecule has 0 N–H and O–H groups in total. The van der Waals surface area contributed by atoms with Gasteiger partial charge in [0.15, 0.2) is 0 Å². The summed E-state index contributed by atoms with van der Waals surface area (Å²) in [5.74, 6) is 0.537. The van der Waals surface area contributed by atoms with E-state index in [1.807, 2.05) is 9.80 Å². The van der Waals surface area contributed by atoms with Crippen LogP contribution in [0.3, 0.4) is 0 Å². The van der Waals surface area contributed by atoms with Gasteiger partial charge in [-0.1, -0.05) is 12.1 Å². The minimum atomic E-state index is -0.301. The lowest BCUT2D eigenvalue weighted by molar-refractivity contribution is -0.136. The fourth-order valence-corrected chi connectivity index (χ4v) is 3.66. The molecule has 0 atom stereocenters. The number of carbonyl (C=O) groups is 2. The summed E-state index contributed by atoms with van der Waals surface area (Å²) in [6.45, 7) is 3.20. The standard InChI is InChI=1S/C19H25FN2O2/c20-17-5-3-4-16(12-17)13-19(24)21-10-7-15(8-11-21)14-22-9-2-1-6-18(22)23/h3-5,12,15H,1-2,6-11,13-14H2. The Kier molecular flexibility index (Phi) is 5.48. The molecule has 0 aliphatic carbocycles. The number of hydrogen-bond acceptors (Lipinski definition) is 2. The number of piperidine rings is 2. The van der Waals surface area contributed by atoms with Crippen LogP contribution in [0.2, 0.25) is 0 Å². The Morgan fingerprint density at radius 1 is 1.17 bits per heavy atom. The minimum Gasteiger partial charge on any atom is -0.342 e. The van der Waals surface area contributed by atoms with E-state index in [2.05, 4.69) is 0 Å². The van der Waals surface area contributed by atoms with Crippen LogP contribution < -0.4 is 0 Å². The zero-order valence-corrected chi connectivity index (χ0v) is 14.0. The number of amides is 2. The Balaban J connectivity index is 1.46. The molecule has 0 radical (unpaired) electrons. The normalized spacial score (nSPS) is 19.6. The van der Waals surface area contributed by atoms with Gasteiger partial charge in [-0.3, -0.25) is 9.59 Å². The van der Waals surface area contributed by atoms with Crippen LogP contribution in [0.5, 0.6) is 0 Å². The summed E-state index contributed by atoms with van der Waals surface area (Å²) >= 11 is 0. The van der Waals surface area contributed by atoms with Crippen molar-refractivity contribution in [3.63, 3.8) is 0 Å². The zero-order chi connectivity index (χ0) is 16.9. The van der Waals surface area contributed by atoms with Crippen molar-refractivity contribution in [1.82, 2.24) is 9.80 Å². The third-order valence-corrected chi connectivity index (χ3v) is 5.11. The van der Waals surface area contributed by atoms with Crippen LogP contribution in [0.1, 0.15) is 37.7 Å². The molecule has 1 aromatic rings. The number of hydrogen-bond donors (Lipinski definition) is 0. The van der Waals surface area contributed by atoms with Gasteiger partial charge in [0.2, 0.25) is 11.8 Å². The third-order valence-electron chi connectivity index (χ3n) is 5.11. The molecule has 2 amide bonds. The smallest absolute Gasteiger partial charge is 0.226 e. The van der Waals surface area contributed by atoms with Gasteiger partial charge in [-0.25, -0.2) is 4.39 Å². The second-order valence-electron chi connectivity index (χ2n) is 6.93. The number of rotatable bonds is 4. The van der Waals surface area contributed by atoms with E-state index in [0.29, 0.717) is 12.3 Å². The maximum atomic E-state index is 13.2. The van der Waals surface area contributed by atoms with Crippen molar-refractivity contribution in [2.45, 2.75) is 38.5 Å². The molecule has 2 heterocycles. The van der Waals surface area contributed by atoms with Crippen molar-refractivity contribution >= 4 is 11.8 Å². The van der Waals surface area contributed by atoms with Gasteiger partial charge < -0.3 is 9.80 Å². The van der Waals surface area contributed by atoms with Crippen molar-refractivity contribution in [3.8, 4) is 0 Å². The van der Waals surface area contributed by atoms with Crippen LogP contribution in [0.4, 0.5) is 4.39 Å². The van der Waals surface area contributed by atoms with Crippen molar-refractivity contribution in [3.05, 3.63) is 35.6 Å². The first-order chi connectivity index (χ1) is 11.6. The molecule has 2 saturated heterocycles. The number of carbonyl (C=O) groups excluding carboxylic acids is 2. The molecule has 24 heavy (non-hydrogen) atoms. The van der Waals surface area contributed by atoms with Gasteiger partial charge in [0.05, 0.1) is 6.42 Å². The van der Waals surface area contributed by atoms with E-state index in [-0.39, 0.29) is 24.1 Å². The highest BCUT2D eigenvalue weighted by Crippen LogP contribution is 2.21. The molecular formula is C19H25FN2O2. The lowest BCUT2D eigenvalue weighted by Crippen LogP contribution is -2.44. The second-order valence-corrected chi connectivity index (χ2v) is 6.93. The van der Waals surface area contributed by atoms with Gasteiger partial charge in [0.25, 0.3) is 0 Å². The van der Waals surface area contributed by atoms with E-state index in [0.717, 1.165) is 57.4 Å². The quantitative estimate of drug-likeness (QED) is 0.850. The predicted molar refractivity (Wildman–Crippen MR) is 89.8 cm³/mol. The van der Waals surface area contributed by atoms with E-state index in [1.54, 1.807) is 12.1 Å². The van der Waals surface area contributed by atoms with Gasteiger partial charge >= 0.3 is 0 Å². The van der Waals surface area contributed by atoms with Gasteiger partial charge in [-0.15, -0.1) is 0 Å². The Morgan fingerprint density at radius 2 is 1.96 bits per heavy atom. The Morgan fingerprint density at radius 3 is 2.67 bits per heavy atom. The zero-order valence-electron chi connectivity index (χ0n) is 14.0. The van der Waals surface area contributed by atoms with Crippen molar-refractivity contribution in [2.24, 2.45) is 5.92 Å². The fraction of sp³-hybridized carbons (Fsp3) is 0.579. The molecule has 2 aliphatic rings. The Bertz CT molecular complexity index is 597. The topological polar surface area (TPSA) is 40.6 Å². The molecule has 0 bridgehead atoms. The van der Waals surface area contributed by atoms with Crippen molar-refractivity contribution in [2.75, 3.05) is 26.2 Å². The number of benzene rings is 1. The van der Waals surface area contributed by atoms with Crippen molar-refractivity contribution < 1.29 is 14.0 Å². The average Bonchev–Trinajstić information content (AvgIpc) is 2.57. The average molecular weight is 332 g/mol. The molecular weight excluding hydrogens is 307 g/mol. The first-order valence-electron chi connectivity index (χ1n) is 8.92. The summed E-state index contributed by atoms with van der Waals surface area (Å²) < 4.78 is 13.2. The highest BCUT2D eigenvalue weighted by atomic mass is 19.1. The largest absolute Gasteiger partial charge is 0.342 e. The van der Waals surface area contributed by atoms with Crippen LogP contribution in [0.25, 0.3) is 0 Å². The summed E-state index contributed by atoms with van der Waals surface area (Å²) in [6.07, 6.45) is 4.95. The van der Waals surface area contributed by atoms with Crippen LogP contribution in [-0.4, -0.2) is 47.8 Å². The van der Waals surface area contributed by atoms with Gasteiger partial charge in [0.1, 0.15) is 5.82 Å². The summed E-state index contributed by atoms with van der Waals surface area (Å²) in [7, 11) is 0. The summed E-state index contributed by atoms with van der Waals surface area (Å²) in [5.41, 5.74) is 0.723. The Labute approximate surface area is 142 Å². The maximum Gasteiger partial charge on any atom is 0.226 e. The van der Waals surface area contributed by atoms with Gasteiger partial charge in [-0.05, 0) is 49.3 Å². The summed E-state index contributed by atoms with van der Waals surface area (Å²) in [4.78, 5) is 28.1. The lowest BCUT2D eigenvalue weighted by atomic mass is 9.94. The molecule has 4 nitrogen and oxygen atoms in total. The fourth-order valence-electron chi connectivity index (χ4n) is 3.66. The van der Waals surface area contributed by atoms with Crippen molar-refractivity contribution in [1.29, 1.82) is 0 Å². The molecule has 130 valence electrons.